The zero-order valence-electron chi connectivity index (χ0n) is 8.07. The van der Waals surface area contributed by atoms with Crippen LogP contribution in [0.3, 0.4) is 0 Å². The van der Waals surface area contributed by atoms with Crippen molar-refractivity contribution >= 4 is 12.4 Å². The van der Waals surface area contributed by atoms with Crippen molar-refractivity contribution in [1.82, 2.24) is 15.6 Å². The summed E-state index contributed by atoms with van der Waals surface area (Å²) < 4.78 is 0. The molecule has 14 heavy (non-hydrogen) atoms. The molecule has 78 valence electrons. The molecule has 2 rings (SSSR count). The molecule has 2 heterocycles. The first-order valence-electron chi connectivity index (χ1n) is 4.78. The van der Waals surface area contributed by atoms with Crippen LogP contribution in [0, 0.1) is 0 Å². The molecule has 0 aromatic carbocycles. The fraction of sp³-hybridized carbons (Fsp3) is 0.500. The van der Waals surface area contributed by atoms with E-state index in [2.05, 4.69) is 27.8 Å². The van der Waals surface area contributed by atoms with Gasteiger partial charge in [0.05, 0.1) is 0 Å². The van der Waals surface area contributed by atoms with Crippen LogP contribution in [0.25, 0.3) is 0 Å². The minimum Gasteiger partial charge on any atom is -0.315 e. The van der Waals surface area contributed by atoms with Gasteiger partial charge in [-0.2, -0.15) is 0 Å². The van der Waals surface area contributed by atoms with E-state index in [0.29, 0.717) is 6.04 Å². The van der Waals surface area contributed by atoms with E-state index >= 15 is 0 Å². The molecule has 4 heteroatoms. The molecule has 2 N–H and O–H groups in total. The minimum absolute atomic E-state index is 0. The second kappa shape index (κ2) is 5.96. The van der Waals surface area contributed by atoms with E-state index in [-0.39, 0.29) is 12.4 Å². The summed E-state index contributed by atoms with van der Waals surface area (Å²) in [6.07, 6.45) is 4.92. The van der Waals surface area contributed by atoms with Gasteiger partial charge in [-0.05, 0) is 30.7 Å². The van der Waals surface area contributed by atoms with Crippen molar-refractivity contribution < 1.29 is 0 Å². The van der Waals surface area contributed by atoms with Crippen molar-refractivity contribution in [2.75, 3.05) is 13.1 Å². The Bertz CT molecular complexity index is 247. The average molecular weight is 214 g/mol. The van der Waals surface area contributed by atoms with E-state index in [0.717, 1.165) is 19.6 Å². The number of nitrogens with one attached hydrogen (secondary N) is 2. The summed E-state index contributed by atoms with van der Waals surface area (Å²) in [5.41, 5.74) is 1.31. The first-order valence-corrected chi connectivity index (χ1v) is 4.78. The van der Waals surface area contributed by atoms with Crippen LogP contribution < -0.4 is 10.6 Å². The van der Waals surface area contributed by atoms with Gasteiger partial charge in [0, 0.05) is 31.5 Å². The summed E-state index contributed by atoms with van der Waals surface area (Å²) in [4.78, 5) is 3.99. The number of hydrogen-bond donors (Lipinski definition) is 2. The van der Waals surface area contributed by atoms with Crippen LogP contribution in [-0.2, 0) is 6.54 Å². The number of rotatable bonds is 3. The smallest absolute Gasteiger partial charge is 0.0271 e. The summed E-state index contributed by atoms with van der Waals surface area (Å²) in [6.45, 7) is 3.20. The normalized spacial score (nSPS) is 20.4. The van der Waals surface area contributed by atoms with Crippen molar-refractivity contribution in [3.8, 4) is 0 Å². The molecular weight excluding hydrogens is 198 g/mol. The predicted octanol–water partition coefficient (Wildman–Crippen LogP) is 0.955. The van der Waals surface area contributed by atoms with Crippen LogP contribution in [0.5, 0.6) is 0 Å². The van der Waals surface area contributed by atoms with Crippen molar-refractivity contribution in [3.05, 3.63) is 30.1 Å². The third-order valence-electron chi connectivity index (χ3n) is 2.40. The second-order valence-corrected chi connectivity index (χ2v) is 3.43. The van der Waals surface area contributed by atoms with Gasteiger partial charge >= 0.3 is 0 Å². The lowest BCUT2D eigenvalue weighted by atomic mass is 10.2. The lowest BCUT2D eigenvalue weighted by Gasteiger charge is -2.10. The largest absolute Gasteiger partial charge is 0.315 e. The molecule has 1 saturated heterocycles. The highest BCUT2D eigenvalue weighted by molar-refractivity contribution is 5.85. The van der Waals surface area contributed by atoms with Gasteiger partial charge in [0.2, 0.25) is 0 Å². The molecule has 0 aliphatic carbocycles. The molecule has 1 aliphatic rings. The topological polar surface area (TPSA) is 37.0 Å². The fourth-order valence-corrected chi connectivity index (χ4v) is 1.59. The Balaban J connectivity index is 0.000000980. The molecule has 0 saturated carbocycles. The van der Waals surface area contributed by atoms with Gasteiger partial charge in [0.25, 0.3) is 0 Å². The Labute approximate surface area is 90.7 Å². The highest BCUT2D eigenvalue weighted by Gasteiger charge is 2.12. The third kappa shape index (κ3) is 3.25. The molecule has 1 aromatic heterocycles. The Hall–Kier alpha value is -0.640. The van der Waals surface area contributed by atoms with Crippen LogP contribution in [0.1, 0.15) is 12.0 Å². The fourth-order valence-electron chi connectivity index (χ4n) is 1.59. The van der Waals surface area contributed by atoms with Crippen LogP contribution in [0.4, 0.5) is 0 Å². The average Bonchev–Trinajstić information content (AvgIpc) is 2.69. The van der Waals surface area contributed by atoms with E-state index in [1.54, 1.807) is 0 Å². The van der Waals surface area contributed by atoms with Crippen molar-refractivity contribution in [3.63, 3.8) is 0 Å². The molecule has 0 spiro atoms. The van der Waals surface area contributed by atoms with Gasteiger partial charge in [-0.15, -0.1) is 12.4 Å². The van der Waals surface area contributed by atoms with Crippen LogP contribution >= 0.6 is 12.4 Å². The maximum atomic E-state index is 3.99. The maximum Gasteiger partial charge on any atom is 0.0271 e. The Morgan fingerprint density at radius 2 is 2.21 bits per heavy atom. The molecule has 0 bridgehead atoms. The van der Waals surface area contributed by atoms with Gasteiger partial charge in [0.1, 0.15) is 0 Å². The van der Waals surface area contributed by atoms with Gasteiger partial charge < -0.3 is 10.6 Å². The zero-order chi connectivity index (χ0) is 8.93. The number of nitrogens with zero attached hydrogens (tertiary/aromatic N) is 1. The molecule has 0 radical (unpaired) electrons. The first-order chi connectivity index (χ1) is 6.45. The van der Waals surface area contributed by atoms with Gasteiger partial charge in [-0.25, -0.2) is 0 Å². The summed E-state index contributed by atoms with van der Waals surface area (Å²) in [5, 5.41) is 6.84. The van der Waals surface area contributed by atoms with E-state index in [1.165, 1.54) is 12.0 Å². The second-order valence-electron chi connectivity index (χ2n) is 3.43. The summed E-state index contributed by atoms with van der Waals surface area (Å²) >= 11 is 0. The number of pyridine rings is 1. The molecule has 1 aliphatic heterocycles. The van der Waals surface area contributed by atoms with Crippen LogP contribution in [-0.4, -0.2) is 24.1 Å². The molecule has 1 aromatic rings. The highest BCUT2D eigenvalue weighted by Crippen LogP contribution is 2.00. The standard InChI is InChI=1S/C10H15N3.ClH/c1-4-11-5-2-9(1)7-13-10-3-6-12-8-10;/h1-2,4-5,10,12-13H,3,6-8H2;1H. The van der Waals surface area contributed by atoms with E-state index in [1.807, 2.05) is 12.4 Å². The number of aromatic nitrogens is 1. The zero-order valence-corrected chi connectivity index (χ0v) is 8.89. The lowest BCUT2D eigenvalue weighted by molar-refractivity contribution is 0.547. The molecule has 1 atom stereocenters. The molecule has 1 fully saturated rings. The Morgan fingerprint density at radius 1 is 1.43 bits per heavy atom. The van der Waals surface area contributed by atoms with E-state index in [9.17, 15) is 0 Å². The van der Waals surface area contributed by atoms with Crippen LogP contribution in [0.15, 0.2) is 24.5 Å². The number of halogens is 1. The monoisotopic (exact) mass is 213 g/mol. The molecule has 0 amide bonds. The maximum absolute atomic E-state index is 3.99. The van der Waals surface area contributed by atoms with Gasteiger partial charge in [-0.3, -0.25) is 4.98 Å². The Morgan fingerprint density at radius 3 is 2.86 bits per heavy atom. The van der Waals surface area contributed by atoms with Crippen molar-refractivity contribution in [1.29, 1.82) is 0 Å². The molecule has 1 unspecified atom stereocenters. The highest BCUT2D eigenvalue weighted by atomic mass is 35.5. The quantitative estimate of drug-likeness (QED) is 0.786. The SMILES string of the molecule is Cl.c1cc(CNC2CCNC2)ccn1. The lowest BCUT2D eigenvalue weighted by Crippen LogP contribution is -2.30. The molecular formula is C10H16ClN3. The summed E-state index contributed by atoms with van der Waals surface area (Å²) in [5.74, 6) is 0. The number of hydrogen-bond acceptors (Lipinski definition) is 3. The predicted molar refractivity (Wildman–Crippen MR) is 59.6 cm³/mol. The Kier molecular flexibility index (Phi) is 4.87. The third-order valence-corrected chi connectivity index (χ3v) is 2.40. The van der Waals surface area contributed by atoms with Crippen molar-refractivity contribution in [2.45, 2.75) is 19.0 Å². The van der Waals surface area contributed by atoms with Gasteiger partial charge in [-0.1, -0.05) is 0 Å². The van der Waals surface area contributed by atoms with Crippen molar-refractivity contribution in [2.24, 2.45) is 0 Å². The van der Waals surface area contributed by atoms with Crippen LogP contribution in [0.2, 0.25) is 0 Å². The van der Waals surface area contributed by atoms with E-state index < -0.39 is 0 Å². The van der Waals surface area contributed by atoms with Gasteiger partial charge in [0.15, 0.2) is 0 Å². The van der Waals surface area contributed by atoms with E-state index in [4.69, 9.17) is 0 Å². The molecule has 3 nitrogen and oxygen atoms in total. The first kappa shape index (κ1) is 11.4. The minimum atomic E-state index is 0. The summed E-state index contributed by atoms with van der Waals surface area (Å²) in [7, 11) is 0. The summed E-state index contributed by atoms with van der Waals surface area (Å²) in [6, 6.07) is 4.75.